The van der Waals surface area contributed by atoms with E-state index < -0.39 is 0 Å². The SMILES string of the molecule is CCc1cccc(C2CC(c3ccc(F)cc3)C=C2C(=O)C2CCCCC2)c1CCC(=O)c1ccccc1. The standard InChI is InChI=1S/C35H37FO2/c1-2-24-14-9-15-31(30(24)20-21-34(37)26-10-5-3-6-11-26)32-22-28(25-16-18-29(36)19-17-25)23-33(32)35(38)27-12-7-4-8-13-27/h3,5-6,9-11,14-19,23,27-28,32H,2,4,7-8,12-13,20-22H2,1H3. The molecule has 0 aromatic heterocycles. The first-order valence-electron chi connectivity index (χ1n) is 14.3. The Morgan fingerprint density at radius 1 is 0.868 bits per heavy atom. The van der Waals surface area contributed by atoms with Crippen LogP contribution in [0, 0.1) is 11.7 Å². The summed E-state index contributed by atoms with van der Waals surface area (Å²) in [6, 6.07) is 22.6. The first-order chi connectivity index (χ1) is 18.5. The van der Waals surface area contributed by atoms with E-state index in [-0.39, 0.29) is 29.4 Å². The maximum absolute atomic E-state index is 13.9. The Hall–Kier alpha value is -3.33. The summed E-state index contributed by atoms with van der Waals surface area (Å²) >= 11 is 0. The maximum Gasteiger partial charge on any atom is 0.163 e. The molecular weight excluding hydrogens is 471 g/mol. The van der Waals surface area contributed by atoms with Gasteiger partial charge in [0.25, 0.3) is 0 Å². The summed E-state index contributed by atoms with van der Waals surface area (Å²) in [7, 11) is 0. The van der Waals surface area contributed by atoms with Crippen LogP contribution in [0.15, 0.2) is 84.4 Å². The Labute approximate surface area is 226 Å². The van der Waals surface area contributed by atoms with Crippen LogP contribution in [0.25, 0.3) is 0 Å². The molecule has 0 aliphatic heterocycles. The van der Waals surface area contributed by atoms with E-state index in [1.807, 2.05) is 42.5 Å². The molecule has 38 heavy (non-hydrogen) atoms. The number of benzene rings is 3. The van der Waals surface area contributed by atoms with Crippen molar-refractivity contribution in [1.82, 2.24) is 0 Å². The molecule has 2 unspecified atom stereocenters. The zero-order valence-corrected chi connectivity index (χ0v) is 22.3. The van der Waals surface area contributed by atoms with Gasteiger partial charge >= 0.3 is 0 Å². The fourth-order valence-electron chi connectivity index (χ4n) is 6.50. The molecule has 0 bridgehead atoms. The zero-order chi connectivity index (χ0) is 26.5. The molecular formula is C35H37FO2. The molecule has 2 aliphatic carbocycles. The molecule has 2 aliphatic rings. The van der Waals surface area contributed by atoms with Crippen LogP contribution in [0.1, 0.15) is 96.3 Å². The normalized spacial score (nSPS) is 19.8. The third-order valence-electron chi connectivity index (χ3n) is 8.57. The number of aryl methyl sites for hydroxylation is 1. The Kier molecular flexibility index (Phi) is 8.32. The van der Waals surface area contributed by atoms with Crippen molar-refractivity contribution in [3.8, 4) is 0 Å². The molecule has 1 fully saturated rings. The van der Waals surface area contributed by atoms with Crippen LogP contribution in [0.3, 0.4) is 0 Å². The van der Waals surface area contributed by atoms with Gasteiger partial charge in [0.15, 0.2) is 11.6 Å². The summed E-state index contributed by atoms with van der Waals surface area (Å²) in [5, 5.41) is 0. The van der Waals surface area contributed by atoms with Gasteiger partial charge in [-0.25, -0.2) is 4.39 Å². The molecule has 0 N–H and O–H groups in total. The number of rotatable bonds is 9. The number of hydrogen-bond acceptors (Lipinski definition) is 2. The van der Waals surface area contributed by atoms with Gasteiger partial charge in [0.05, 0.1) is 0 Å². The highest BCUT2D eigenvalue weighted by atomic mass is 19.1. The number of ketones is 2. The lowest BCUT2D eigenvalue weighted by molar-refractivity contribution is -0.120. The molecule has 196 valence electrons. The topological polar surface area (TPSA) is 34.1 Å². The van der Waals surface area contributed by atoms with Crippen LogP contribution < -0.4 is 0 Å². The molecule has 0 heterocycles. The monoisotopic (exact) mass is 508 g/mol. The molecule has 3 heteroatoms. The third kappa shape index (κ3) is 5.72. The second kappa shape index (κ2) is 12.0. The van der Waals surface area contributed by atoms with Crippen molar-refractivity contribution >= 4 is 11.6 Å². The molecule has 2 atom stereocenters. The molecule has 0 spiro atoms. The van der Waals surface area contributed by atoms with E-state index in [4.69, 9.17) is 0 Å². The van der Waals surface area contributed by atoms with Gasteiger partial charge in [-0.3, -0.25) is 9.59 Å². The lowest BCUT2D eigenvalue weighted by Gasteiger charge is -2.26. The zero-order valence-electron chi connectivity index (χ0n) is 22.3. The van der Waals surface area contributed by atoms with Crippen LogP contribution in [0.2, 0.25) is 0 Å². The van der Waals surface area contributed by atoms with Crippen molar-refractivity contribution < 1.29 is 14.0 Å². The predicted molar refractivity (Wildman–Crippen MR) is 151 cm³/mol. The van der Waals surface area contributed by atoms with Gasteiger partial charge in [-0.15, -0.1) is 0 Å². The van der Waals surface area contributed by atoms with E-state index in [2.05, 4.69) is 31.2 Å². The van der Waals surface area contributed by atoms with Gasteiger partial charge < -0.3 is 0 Å². The fraction of sp³-hybridized carbons (Fsp3) is 0.371. The smallest absolute Gasteiger partial charge is 0.163 e. The number of carbonyl (C=O) groups is 2. The van der Waals surface area contributed by atoms with Gasteiger partial charge in [-0.1, -0.05) is 92.9 Å². The maximum atomic E-state index is 13.9. The van der Waals surface area contributed by atoms with E-state index in [0.717, 1.165) is 55.2 Å². The van der Waals surface area contributed by atoms with E-state index in [1.165, 1.54) is 35.2 Å². The number of hydrogen-bond donors (Lipinski definition) is 0. The highest BCUT2D eigenvalue weighted by Crippen LogP contribution is 2.47. The number of halogens is 1. The van der Waals surface area contributed by atoms with Crippen molar-refractivity contribution in [3.05, 3.63) is 118 Å². The van der Waals surface area contributed by atoms with Crippen molar-refractivity contribution in [2.75, 3.05) is 0 Å². The van der Waals surface area contributed by atoms with E-state index >= 15 is 0 Å². The highest BCUT2D eigenvalue weighted by Gasteiger charge is 2.36. The molecule has 0 radical (unpaired) electrons. The minimum absolute atomic E-state index is 0.00666. The van der Waals surface area contributed by atoms with Crippen LogP contribution in [0.5, 0.6) is 0 Å². The summed E-state index contributed by atoms with van der Waals surface area (Å²) in [5.74, 6) is 0.369. The third-order valence-corrected chi connectivity index (χ3v) is 8.57. The number of allylic oxidation sites excluding steroid dienone is 2. The van der Waals surface area contributed by atoms with Gasteiger partial charge in [0.1, 0.15) is 5.82 Å². The summed E-state index contributed by atoms with van der Waals surface area (Å²) in [6.07, 6.45) is 10.3. The second-order valence-electron chi connectivity index (χ2n) is 10.9. The van der Waals surface area contributed by atoms with Crippen LogP contribution >= 0.6 is 0 Å². The Balaban J connectivity index is 1.48. The second-order valence-corrected chi connectivity index (χ2v) is 10.9. The lowest BCUT2D eigenvalue weighted by atomic mass is 9.77. The first-order valence-corrected chi connectivity index (χ1v) is 14.3. The van der Waals surface area contributed by atoms with Gasteiger partial charge in [-0.2, -0.15) is 0 Å². The van der Waals surface area contributed by atoms with Crippen molar-refractivity contribution in [2.24, 2.45) is 5.92 Å². The summed E-state index contributed by atoms with van der Waals surface area (Å²) in [4.78, 5) is 26.9. The van der Waals surface area contributed by atoms with Gasteiger partial charge in [0.2, 0.25) is 0 Å². The van der Waals surface area contributed by atoms with Gasteiger partial charge in [0, 0.05) is 29.7 Å². The molecule has 3 aromatic rings. The summed E-state index contributed by atoms with van der Waals surface area (Å²) in [5.41, 5.74) is 6.37. The predicted octanol–water partition coefficient (Wildman–Crippen LogP) is 8.55. The Morgan fingerprint density at radius 3 is 2.32 bits per heavy atom. The Bertz CT molecular complexity index is 1300. The van der Waals surface area contributed by atoms with Gasteiger partial charge in [-0.05, 0) is 72.1 Å². The van der Waals surface area contributed by atoms with E-state index in [9.17, 15) is 14.0 Å². The number of Topliss-reactive ketones (excluding diaryl/α,β-unsaturated/α-hetero) is 2. The van der Waals surface area contributed by atoms with Crippen LogP contribution in [-0.2, 0) is 17.6 Å². The first kappa shape index (κ1) is 26.3. The van der Waals surface area contributed by atoms with Crippen molar-refractivity contribution in [3.63, 3.8) is 0 Å². The Morgan fingerprint density at radius 2 is 1.61 bits per heavy atom. The summed E-state index contributed by atoms with van der Waals surface area (Å²) in [6.45, 7) is 2.15. The largest absolute Gasteiger partial charge is 0.294 e. The van der Waals surface area contributed by atoms with Crippen LogP contribution in [0.4, 0.5) is 4.39 Å². The van der Waals surface area contributed by atoms with E-state index in [1.54, 1.807) is 0 Å². The molecule has 0 saturated heterocycles. The molecule has 1 saturated carbocycles. The molecule has 2 nitrogen and oxygen atoms in total. The number of carbonyl (C=O) groups excluding carboxylic acids is 2. The average molecular weight is 509 g/mol. The average Bonchev–Trinajstić information content (AvgIpc) is 3.42. The van der Waals surface area contributed by atoms with Crippen molar-refractivity contribution in [2.45, 2.75) is 76.5 Å². The quantitative estimate of drug-likeness (QED) is 0.271. The molecule has 0 amide bonds. The summed E-state index contributed by atoms with van der Waals surface area (Å²) < 4.78 is 13.7. The van der Waals surface area contributed by atoms with Crippen LogP contribution in [-0.4, -0.2) is 11.6 Å². The molecule has 5 rings (SSSR count). The lowest BCUT2D eigenvalue weighted by Crippen LogP contribution is -2.22. The highest BCUT2D eigenvalue weighted by molar-refractivity contribution is 5.99. The minimum atomic E-state index is -0.244. The molecule has 3 aromatic carbocycles. The van der Waals surface area contributed by atoms with Crippen molar-refractivity contribution in [1.29, 1.82) is 0 Å². The van der Waals surface area contributed by atoms with E-state index in [0.29, 0.717) is 18.6 Å². The fourth-order valence-corrected chi connectivity index (χ4v) is 6.50. The minimum Gasteiger partial charge on any atom is -0.294 e.